The standard InChI is InChI=1S/C47H85N3O3/c1-34(2)15-14-16-35(3)39-19-20-40-38-18-17-36-33-37(21-23-46(36,11)41(38)22-24-47(39,40)12)51-30-25-44(7,8)52-31-26-45(9,10)53-32-29-50-28-27-49(13)42(50)48-43(4,5)6/h17,34-35,37-41H,14-16,18-33H2,1-13H3/t35?,37?,38?,39?,40?,41?,46-,47+/m0/s1. The zero-order chi connectivity index (χ0) is 38.8. The fourth-order valence-electron chi connectivity index (χ4n) is 11.8. The zero-order valence-corrected chi connectivity index (χ0v) is 37.1. The summed E-state index contributed by atoms with van der Waals surface area (Å²) in [4.78, 5) is 9.58. The van der Waals surface area contributed by atoms with Crippen LogP contribution in [-0.4, -0.2) is 85.1 Å². The predicted molar refractivity (Wildman–Crippen MR) is 223 cm³/mol. The molecule has 8 atom stereocenters. The third-order valence-corrected chi connectivity index (χ3v) is 15.1. The van der Waals surface area contributed by atoms with Crippen molar-refractivity contribution in [2.75, 3.05) is 46.5 Å². The first-order valence-electron chi connectivity index (χ1n) is 22.4. The molecule has 6 nitrogen and oxygen atoms in total. The molecule has 6 unspecified atom stereocenters. The summed E-state index contributed by atoms with van der Waals surface area (Å²) in [7, 11) is 2.14. The quantitative estimate of drug-likeness (QED) is 0.139. The van der Waals surface area contributed by atoms with Gasteiger partial charge in [0.1, 0.15) is 0 Å². The highest BCUT2D eigenvalue weighted by Gasteiger charge is 2.59. The molecule has 0 amide bonds. The van der Waals surface area contributed by atoms with E-state index in [-0.39, 0.29) is 16.7 Å². The van der Waals surface area contributed by atoms with Gasteiger partial charge in [0.2, 0.25) is 0 Å². The van der Waals surface area contributed by atoms with Gasteiger partial charge in [-0.15, -0.1) is 0 Å². The summed E-state index contributed by atoms with van der Waals surface area (Å²) in [5, 5.41) is 0. The molecule has 306 valence electrons. The second-order valence-electron chi connectivity index (χ2n) is 21.7. The highest BCUT2D eigenvalue weighted by molar-refractivity contribution is 5.82. The van der Waals surface area contributed by atoms with Crippen LogP contribution in [0.2, 0.25) is 0 Å². The lowest BCUT2D eigenvalue weighted by molar-refractivity contribution is -0.0901. The van der Waals surface area contributed by atoms with E-state index < -0.39 is 0 Å². The molecule has 5 aliphatic rings. The minimum atomic E-state index is -0.233. The monoisotopic (exact) mass is 740 g/mol. The zero-order valence-electron chi connectivity index (χ0n) is 37.1. The number of allylic oxidation sites excluding steroid dienone is 1. The van der Waals surface area contributed by atoms with Crippen molar-refractivity contribution >= 4 is 5.96 Å². The molecule has 1 aliphatic heterocycles. The van der Waals surface area contributed by atoms with Gasteiger partial charge in [0.25, 0.3) is 0 Å². The number of nitrogens with zero attached hydrogens (tertiary/aromatic N) is 3. The molecule has 4 fully saturated rings. The largest absolute Gasteiger partial charge is 0.378 e. The maximum Gasteiger partial charge on any atom is 0.197 e. The number of guanidine groups is 1. The molecule has 0 aromatic rings. The van der Waals surface area contributed by atoms with Gasteiger partial charge in [-0.2, -0.15) is 0 Å². The maximum absolute atomic E-state index is 6.65. The van der Waals surface area contributed by atoms with Crippen LogP contribution < -0.4 is 0 Å². The number of aliphatic imine (C=N–C) groups is 1. The van der Waals surface area contributed by atoms with Crippen LogP contribution in [0, 0.1) is 46.3 Å². The van der Waals surface area contributed by atoms with Crippen LogP contribution in [0.4, 0.5) is 0 Å². The summed E-state index contributed by atoms with van der Waals surface area (Å²) >= 11 is 0. The van der Waals surface area contributed by atoms with Gasteiger partial charge in [-0.1, -0.05) is 65.5 Å². The van der Waals surface area contributed by atoms with E-state index in [0.717, 1.165) is 87.0 Å². The third-order valence-electron chi connectivity index (χ3n) is 15.1. The van der Waals surface area contributed by atoms with Crippen LogP contribution in [0.5, 0.6) is 0 Å². The van der Waals surface area contributed by atoms with E-state index in [4.69, 9.17) is 19.2 Å². The molecule has 53 heavy (non-hydrogen) atoms. The third kappa shape index (κ3) is 10.6. The van der Waals surface area contributed by atoms with Gasteiger partial charge < -0.3 is 24.0 Å². The van der Waals surface area contributed by atoms with Crippen LogP contribution in [-0.2, 0) is 14.2 Å². The Morgan fingerprint density at radius 2 is 1.53 bits per heavy atom. The Balaban J connectivity index is 1.03. The van der Waals surface area contributed by atoms with Gasteiger partial charge in [-0.3, -0.25) is 0 Å². The number of ether oxygens (including phenoxy) is 3. The highest BCUT2D eigenvalue weighted by atomic mass is 16.5. The lowest BCUT2D eigenvalue weighted by Crippen LogP contribution is -2.51. The second-order valence-corrected chi connectivity index (χ2v) is 21.7. The van der Waals surface area contributed by atoms with Crippen molar-refractivity contribution in [1.29, 1.82) is 0 Å². The van der Waals surface area contributed by atoms with Crippen LogP contribution >= 0.6 is 0 Å². The number of hydrogen-bond donors (Lipinski definition) is 0. The molecule has 0 spiro atoms. The van der Waals surface area contributed by atoms with Gasteiger partial charge in [0, 0.05) is 33.3 Å². The van der Waals surface area contributed by atoms with Gasteiger partial charge in [0.05, 0.1) is 36.1 Å². The summed E-state index contributed by atoms with van der Waals surface area (Å²) in [6.45, 7) is 33.1. The van der Waals surface area contributed by atoms with Crippen molar-refractivity contribution in [3.8, 4) is 0 Å². The molecular weight excluding hydrogens is 655 g/mol. The van der Waals surface area contributed by atoms with E-state index in [0.29, 0.717) is 30.1 Å². The fourth-order valence-corrected chi connectivity index (χ4v) is 11.8. The minimum absolute atomic E-state index is 0.0840. The Labute approximate surface area is 328 Å². The summed E-state index contributed by atoms with van der Waals surface area (Å²) in [5.41, 5.74) is 2.16. The Morgan fingerprint density at radius 3 is 2.23 bits per heavy atom. The van der Waals surface area contributed by atoms with Gasteiger partial charge in [0.15, 0.2) is 5.96 Å². The lowest BCUT2D eigenvalue weighted by Gasteiger charge is -2.58. The molecule has 0 N–H and O–H groups in total. The Kier molecular flexibility index (Phi) is 13.9. The predicted octanol–water partition coefficient (Wildman–Crippen LogP) is 11.2. The van der Waals surface area contributed by atoms with Crippen LogP contribution in [0.25, 0.3) is 0 Å². The Hall–Kier alpha value is -1.11. The molecule has 4 aliphatic carbocycles. The molecule has 0 aromatic carbocycles. The van der Waals surface area contributed by atoms with Crippen molar-refractivity contribution in [2.24, 2.45) is 51.3 Å². The highest BCUT2D eigenvalue weighted by Crippen LogP contribution is 2.67. The summed E-state index contributed by atoms with van der Waals surface area (Å²) in [6, 6.07) is 0. The average Bonchev–Trinajstić information content (AvgIpc) is 3.58. The average molecular weight is 740 g/mol. The van der Waals surface area contributed by atoms with Crippen molar-refractivity contribution in [1.82, 2.24) is 9.80 Å². The lowest BCUT2D eigenvalue weighted by atomic mass is 9.47. The molecule has 0 bridgehead atoms. The number of rotatable bonds is 17. The number of hydrogen-bond acceptors (Lipinski definition) is 4. The first kappa shape index (κ1) is 43.0. The summed E-state index contributed by atoms with van der Waals surface area (Å²) in [6.07, 6.45) is 20.0. The summed E-state index contributed by atoms with van der Waals surface area (Å²) in [5.74, 6) is 6.45. The fraction of sp³-hybridized carbons (Fsp3) is 0.936. The molecule has 0 radical (unpaired) electrons. The second kappa shape index (κ2) is 17.2. The van der Waals surface area contributed by atoms with Gasteiger partial charge >= 0.3 is 0 Å². The molecule has 1 saturated heterocycles. The van der Waals surface area contributed by atoms with Crippen LogP contribution in [0.15, 0.2) is 16.6 Å². The first-order chi connectivity index (χ1) is 24.7. The normalized spacial score (nSPS) is 33.7. The molecule has 3 saturated carbocycles. The molecule has 6 heteroatoms. The Bertz CT molecular complexity index is 1250. The van der Waals surface area contributed by atoms with Crippen molar-refractivity contribution in [2.45, 2.75) is 189 Å². The summed E-state index contributed by atoms with van der Waals surface area (Å²) < 4.78 is 19.5. The van der Waals surface area contributed by atoms with E-state index in [9.17, 15) is 0 Å². The van der Waals surface area contributed by atoms with Crippen molar-refractivity contribution < 1.29 is 14.2 Å². The Morgan fingerprint density at radius 1 is 0.830 bits per heavy atom. The first-order valence-corrected chi connectivity index (χ1v) is 22.4. The maximum atomic E-state index is 6.65. The van der Waals surface area contributed by atoms with E-state index in [1.54, 1.807) is 5.57 Å². The number of likely N-dealkylation sites (N-methyl/N-ethyl adjacent to an activating group) is 1. The smallest absolute Gasteiger partial charge is 0.197 e. The number of fused-ring (bicyclic) bond motifs is 5. The van der Waals surface area contributed by atoms with E-state index in [1.165, 1.54) is 64.2 Å². The minimum Gasteiger partial charge on any atom is -0.378 e. The van der Waals surface area contributed by atoms with Gasteiger partial charge in [-0.25, -0.2) is 4.99 Å². The SMILES string of the molecule is CC(C)CCCC(C)C1CCC2C3CC=C4CC(OCCC(C)(C)OCCC(C)(C)OCCN5CCN(C)C5=NC(C)(C)C)CC[C@]4(C)C3CC[C@]12C. The van der Waals surface area contributed by atoms with Crippen molar-refractivity contribution in [3.63, 3.8) is 0 Å². The van der Waals surface area contributed by atoms with E-state index in [1.807, 2.05) is 0 Å². The van der Waals surface area contributed by atoms with E-state index >= 15 is 0 Å². The molecule has 1 heterocycles. The van der Waals surface area contributed by atoms with Crippen LogP contribution in [0.1, 0.15) is 167 Å². The molecule has 0 aromatic heterocycles. The van der Waals surface area contributed by atoms with E-state index in [2.05, 4.69) is 106 Å². The van der Waals surface area contributed by atoms with Gasteiger partial charge in [-0.05, 0) is 159 Å². The molecular formula is C47H85N3O3. The van der Waals surface area contributed by atoms with Crippen LogP contribution in [0.3, 0.4) is 0 Å². The van der Waals surface area contributed by atoms with Crippen molar-refractivity contribution in [3.05, 3.63) is 11.6 Å². The topological polar surface area (TPSA) is 46.5 Å². The molecule has 5 rings (SSSR count).